The summed E-state index contributed by atoms with van der Waals surface area (Å²) in [6.07, 6.45) is 5.28. The lowest BCUT2D eigenvalue weighted by Gasteiger charge is -2.38. The number of carbonyl (C=O) groups is 2. The number of allylic oxidation sites excluding steroid dienone is 1. The van der Waals surface area contributed by atoms with Crippen LogP contribution in [0.4, 0.5) is 10.5 Å². The molecule has 5 heteroatoms. The Kier molecular flexibility index (Phi) is 4.74. The van der Waals surface area contributed by atoms with Gasteiger partial charge >= 0.3 is 5.97 Å². The van der Waals surface area contributed by atoms with Crippen molar-refractivity contribution in [3.63, 3.8) is 0 Å². The molecule has 0 spiro atoms. The predicted octanol–water partition coefficient (Wildman–Crippen LogP) is 2.67. The van der Waals surface area contributed by atoms with Crippen LogP contribution in [0.2, 0.25) is 0 Å². The fourth-order valence-corrected chi connectivity index (χ4v) is 2.71. The second-order valence-electron chi connectivity index (χ2n) is 4.60. The van der Waals surface area contributed by atoms with Gasteiger partial charge in [-0.25, -0.2) is 0 Å². The molecule has 0 saturated carbocycles. The van der Waals surface area contributed by atoms with E-state index in [1.165, 1.54) is 12.0 Å². The Morgan fingerprint density at radius 2 is 2.00 bits per heavy atom. The molecule has 1 aromatic rings. The van der Waals surface area contributed by atoms with Gasteiger partial charge in [0.2, 0.25) is 0 Å². The van der Waals surface area contributed by atoms with Gasteiger partial charge in [0.25, 0.3) is 0 Å². The Balaban J connectivity index is 2.37. The summed E-state index contributed by atoms with van der Waals surface area (Å²) in [7, 11) is 1.36. The van der Waals surface area contributed by atoms with E-state index in [-0.39, 0.29) is 17.9 Å². The van der Waals surface area contributed by atoms with E-state index in [1.807, 2.05) is 30.4 Å². The molecule has 0 radical (unpaired) electrons. The Morgan fingerprint density at radius 1 is 1.30 bits per heavy atom. The monoisotopic (exact) mass is 290 g/mol. The summed E-state index contributed by atoms with van der Waals surface area (Å²) in [5, 5.41) is -0.498. The van der Waals surface area contributed by atoms with Gasteiger partial charge in [0, 0.05) is 5.69 Å². The van der Waals surface area contributed by atoms with E-state index >= 15 is 0 Å². The third-order valence-corrected chi connectivity index (χ3v) is 3.62. The molecule has 1 amide bonds. The quantitative estimate of drug-likeness (QED) is 0.488. The number of methoxy groups -OCH3 is 1. The fraction of sp³-hybridized carbons (Fsp3) is 0.333. The van der Waals surface area contributed by atoms with Gasteiger partial charge in [0.05, 0.1) is 19.1 Å². The lowest BCUT2D eigenvalue weighted by Crippen LogP contribution is -2.46. The summed E-state index contributed by atoms with van der Waals surface area (Å²) in [5.41, 5.74) is 0.693. The SMILES string of the molecule is COC(=O)C1CCC=CC1N(C(=O)[S-])c1ccccc1. The number of rotatable bonds is 3. The van der Waals surface area contributed by atoms with E-state index < -0.39 is 5.24 Å². The first-order chi connectivity index (χ1) is 9.65. The highest BCUT2D eigenvalue weighted by Gasteiger charge is 2.34. The molecule has 0 saturated heterocycles. The lowest BCUT2D eigenvalue weighted by molar-refractivity contribution is -0.146. The molecule has 0 aliphatic heterocycles. The molecule has 0 aromatic heterocycles. The second kappa shape index (κ2) is 6.52. The van der Waals surface area contributed by atoms with E-state index in [1.54, 1.807) is 12.1 Å². The summed E-state index contributed by atoms with van der Waals surface area (Å²) < 4.78 is 4.84. The molecule has 106 valence electrons. The third kappa shape index (κ3) is 2.99. The van der Waals surface area contributed by atoms with Gasteiger partial charge in [-0.3, -0.25) is 4.79 Å². The lowest BCUT2D eigenvalue weighted by atomic mass is 9.88. The van der Waals surface area contributed by atoms with E-state index in [0.717, 1.165) is 6.42 Å². The number of amides is 1. The van der Waals surface area contributed by atoms with E-state index in [0.29, 0.717) is 12.1 Å². The van der Waals surface area contributed by atoms with Crippen molar-refractivity contribution in [1.29, 1.82) is 0 Å². The Labute approximate surface area is 123 Å². The van der Waals surface area contributed by atoms with Crippen molar-refractivity contribution in [2.45, 2.75) is 18.9 Å². The van der Waals surface area contributed by atoms with Crippen LogP contribution in [0.1, 0.15) is 12.8 Å². The van der Waals surface area contributed by atoms with E-state index in [4.69, 9.17) is 17.4 Å². The topological polar surface area (TPSA) is 46.6 Å². The van der Waals surface area contributed by atoms with Crippen molar-refractivity contribution in [3.8, 4) is 0 Å². The van der Waals surface area contributed by atoms with Crippen molar-refractivity contribution in [1.82, 2.24) is 0 Å². The van der Waals surface area contributed by atoms with Gasteiger partial charge in [-0.2, -0.15) is 0 Å². The molecular formula is C15H16NO3S-. The zero-order valence-corrected chi connectivity index (χ0v) is 12.0. The number of hydrogen-bond donors (Lipinski definition) is 0. The molecule has 2 unspecified atom stereocenters. The minimum Gasteiger partial charge on any atom is -0.719 e. The van der Waals surface area contributed by atoms with Crippen molar-refractivity contribution in [3.05, 3.63) is 42.5 Å². The fourth-order valence-electron chi connectivity index (χ4n) is 2.48. The number of esters is 1. The van der Waals surface area contributed by atoms with Crippen molar-refractivity contribution >= 4 is 29.5 Å². The molecule has 0 bridgehead atoms. The molecule has 1 aliphatic rings. The predicted molar refractivity (Wildman–Crippen MR) is 79.4 cm³/mol. The van der Waals surface area contributed by atoms with E-state index in [2.05, 4.69) is 0 Å². The molecular weight excluding hydrogens is 274 g/mol. The van der Waals surface area contributed by atoms with Gasteiger partial charge < -0.3 is 27.1 Å². The Hall–Kier alpha value is -1.88. The first kappa shape index (κ1) is 14.5. The summed E-state index contributed by atoms with van der Waals surface area (Å²) in [4.78, 5) is 25.2. The summed E-state index contributed by atoms with van der Waals surface area (Å²) in [6.45, 7) is 0. The average molecular weight is 290 g/mol. The number of ether oxygens (including phenoxy) is 1. The van der Waals surface area contributed by atoms with Gasteiger partial charge in [-0.15, -0.1) is 0 Å². The number of hydrogen-bond acceptors (Lipinski definition) is 4. The zero-order valence-electron chi connectivity index (χ0n) is 11.2. The number of carbonyl (C=O) groups excluding carboxylic acids is 2. The largest absolute Gasteiger partial charge is 0.719 e. The standard InChI is InChI=1S/C15H17NO3S/c1-19-14(17)12-9-5-6-10-13(12)16(15(18)20)11-7-3-2-4-8-11/h2-4,6-8,10,12-13H,5,9H2,1H3,(H,18,20)/p-1. The molecule has 2 rings (SSSR count). The summed E-state index contributed by atoms with van der Waals surface area (Å²) in [6, 6.07) is 8.76. The van der Waals surface area contributed by atoms with Crippen LogP contribution in [0, 0.1) is 5.92 Å². The van der Waals surface area contributed by atoms with Crippen molar-refractivity contribution in [2.75, 3.05) is 12.0 Å². The maximum Gasteiger partial charge on any atom is 0.311 e. The number of para-hydroxylation sites is 1. The molecule has 4 nitrogen and oxygen atoms in total. The third-order valence-electron chi connectivity index (χ3n) is 3.42. The maximum atomic E-state index is 11.9. The maximum absolute atomic E-state index is 11.9. The van der Waals surface area contributed by atoms with Crippen LogP contribution in [0.5, 0.6) is 0 Å². The number of benzene rings is 1. The number of anilines is 1. The van der Waals surface area contributed by atoms with Crippen LogP contribution in [0.25, 0.3) is 0 Å². The molecule has 20 heavy (non-hydrogen) atoms. The Bertz CT molecular complexity index is 515. The minimum atomic E-state index is -0.498. The van der Waals surface area contributed by atoms with Gasteiger partial charge in [-0.05, 0) is 25.0 Å². The molecule has 1 aromatic carbocycles. The molecule has 1 aliphatic carbocycles. The number of nitrogens with zero attached hydrogens (tertiary/aromatic N) is 1. The van der Waals surface area contributed by atoms with Gasteiger partial charge in [-0.1, -0.05) is 30.4 Å². The van der Waals surface area contributed by atoms with Crippen LogP contribution in [0.15, 0.2) is 42.5 Å². The van der Waals surface area contributed by atoms with Crippen LogP contribution >= 0.6 is 0 Å². The summed E-state index contributed by atoms with van der Waals surface area (Å²) >= 11 is 4.84. The first-order valence-electron chi connectivity index (χ1n) is 6.45. The highest BCUT2D eigenvalue weighted by atomic mass is 32.1. The summed E-state index contributed by atoms with van der Waals surface area (Å²) in [5.74, 6) is -0.686. The zero-order chi connectivity index (χ0) is 14.5. The average Bonchev–Trinajstić information content (AvgIpc) is 2.48. The van der Waals surface area contributed by atoms with Crippen LogP contribution in [0.3, 0.4) is 0 Å². The highest BCUT2D eigenvalue weighted by Crippen LogP contribution is 2.29. The van der Waals surface area contributed by atoms with Gasteiger partial charge in [0.15, 0.2) is 0 Å². The van der Waals surface area contributed by atoms with Crippen LogP contribution < -0.4 is 4.90 Å². The highest BCUT2D eigenvalue weighted by molar-refractivity contribution is 7.77. The smallest absolute Gasteiger partial charge is 0.311 e. The first-order valence-corrected chi connectivity index (χ1v) is 6.85. The van der Waals surface area contributed by atoms with Crippen LogP contribution in [-0.2, 0) is 22.2 Å². The minimum absolute atomic E-state index is 0.309. The second-order valence-corrected chi connectivity index (χ2v) is 4.95. The van der Waals surface area contributed by atoms with Crippen molar-refractivity contribution in [2.24, 2.45) is 5.92 Å². The van der Waals surface area contributed by atoms with Gasteiger partial charge in [0.1, 0.15) is 5.24 Å². The molecule has 0 N–H and O–H groups in total. The van der Waals surface area contributed by atoms with Crippen LogP contribution in [-0.4, -0.2) is 24.4 Å². The normalized spacial score (nSPS) is 21.2. The van der Waals surface area contributed by atoms with E-state index in [9.17, 15) is 9.59 Å². The Morgan fingerprint density at radius 3 is 2.60 bits per heavy atom. The molecule has 0 fully saturated rings. The van der Waals surface area contributed by atoms with Crippen molar-refractivity contribution < 1.29 is 14.3 Å². The molecule has 2 atom stereocenters. The molecule has 0 heterocycles.